The molecule has 2 aromatic rings. The van der Waals surface area contributed by atoms with Crippen LogP contribution in [0.25, 0.3) is 10.9 Å². The molecule has 4 rings (SSSR count). The van der Waals surface area contributed by atoms with Crippen LogP contribution in [-0.2, 0) is 11.3 Å². The summed E-state index contributed by atoms with van der Waals surface area (Å²) in [5, 5.41) is 10.7. The van der Waals surface area contributed by atoms with Crippen LogP contribution in [0.2, 0.25) is 0 Å². The second-order valence-electron chi connectivity index (χ2n) is 5.91. The van der Waals surface area contributed by atoms with Gasteiger partial charge in [0.15, 0.2) is 0 Å². The van der Waals surface area contributed by atoms with E-state index in [1.54, 1.807) is 0 Å². The smallest absolute Gasteiger partial charge is 0.0854 e. The minimum atomic E-state index is -0.0176. The highest BCUT2D eigenvalue weighted by Gasteiger charge is 2.36. The van der Waals surface area contributed by atoms with Crippen molar-refractivity contribution >= 4 is 16.6 Å². The predicted octanol–water partition coefficient (Wildman–Crippen LogP) is 2.48. The zero-order chi connectivity index (χ0) is 14.2. The van der Waals surface area contributed by atoms with Crippen molar-refractivity contribution in [3.05, 3.63) is 36.0 Å². The van der Waals surface area contributed by atoms with E-state index in [4.69, 9.17) is 4.74 Å². The average molecular weight is 284 g/mol. The number of aromatic nitrogens is 1. The van der Waals surface area contributed by atoms with Crippen molar-refractivity contribution < 1.29 is 9.84 Å². The Morgan fingerprint density at radius 1 is 1.29 bits per heavy atom. The summed E-state index contributed by atoms with van der Waals surface area (Å²) < 4.78 is 5.92. The van der Waals surface area contributed by atoms with Gasteiger partial charge >= 0.3 is 0 Å². The summed E-state index contributed by atoms with van der Waals surface area (Å²) in [6.45, 7) is 1.68. The van der Waals surface area contributed by atoms with E-state index in [-0.39, 0.29) is 6.61 Å². The van der Waals surface area contributed by atoms with Gasteiger partial charge in [0.1, 0.15) is 0 Å². The van der Waals surface area contributed by atoms with E-state index in [2.05, 4.69) is 22.0 Å². The molecule has 110 valence electrons. The molecule has 0 radical (unpaired) electrons. The third-order valence-corrected chi connectivity index (χ3v) is 4.70. The molecule has 4 heteroatoms. The number of anilines is 1. The van der Waals surface area contributed by atoms with Crippen molar-refractivity contribution in [1.82, 2.24) is 4.98 Å². The number of hydrogen-bond donors (Lipinski definition) is 1. The molecule has 2 aliphatic rings. The van der Waals surface area contributed by atoms with E-state index in [1.807, 2.05) is 18.2 Å². The first-order valence-electron chi connectivity index (χ1n) is 7.74. The van der Waals surface area contributed by atoms with Crippen molar-refractivity contribution in [2.45, 2.75) is 38.0 Å². The summed E-state index contributed by atoms with van der Waals surface area (Å²) in [5.74, 6) is 0. The predicted molar refractivity (Wildman–Crippen MR) is 82.4 cm³/mol. The van der Waals surface area contributed by atoms with Crippen molar-refractivity contribution in [2.24, 2.45) is 0 Å². The maximum Gasteiger partial charge on any atom is 0.0854 e. The van der Waals surface area contributed by atoms with Crippen LogP contribution >= 0.6 is 0 Å². The van der Waals surface area contributed by atoms with Crippen LogP contribution in [0.4, 0.5) is 5.69 Å². The Hall–Kier alpha value is -1.65. The molecule has 2 fully saturated rings. The lowest BCUT2D eigenvalue weighted by Gasteiger charge is -2.40. The Labute approximate surface area is 124 Å². The first-order valence-corrected chi connectivity index (χ1v) is 7.74. The highest BCUT2D eigenvalue weighted by molar-refractivity contribution is 5.92. The number of ether oxygens (including phenoxy) is 1. The maximum atomic E-state index is 9.50. The number of rotatable bonds is 2. The minimum absolute atomic E-state index is 0.0176. The minimum Gasteiger partial charge on any atom is -0.390 e. The number of benzene rings is 1. The molecule has 2 unspecified atom stereocenters. The van der Waals surface area contributed by atoms with Crippen LogP contribution in [0.1, 0.15) is 25.0 Å². The van der Waals surface area contributed by atoms with Crippen LogP contribution in [0.3, 0.4) is 0 Å². The van der Waals surface area contributed by atoms with Gasteiger partial charge in [-0.1, -0.05) is 18.2 Å². The summed E-state index contributed by atoms with van der Waals surface area (Å²) in [7, 11) is 0. The lowest BCUT2D eigenvalue weighted by atomic mass is 10.1. The molecular formula is C17H20N2O2. The van der Waals surface area contributed by atoms with Gasteiger partial charge in [0.2, 0.25) is 0 Å². The Bertz CT molecular complexity index is 658. The van der Waals surface area contributed by atoms with E-state index in [1.165, 1.54) is 23.9 Å². The van der Waals surface area contributed by atoms with E-state index in [0.29, 0.717) is 12.1 Å². The molecule has 1 saturated heterocycles. The molecule has 1 saturated carbocycles. The number of aliphatic hydroxyl groups is 1. The van der Waals surface area contributed by atoms with Crippen LogP contribution in [-0.4, -0.2) is 35.4 Å². The zero-order valence-electron chi connectivity index (χ0n) is 12.0. The lowest BCUT2D eigenvalue weighted by molar-refractivity contribution is 0.0257. The third-order valence-electron chi connectivity index (χ3n) is 4.70. The van der Waals surface area contributed by atoms with Crippen molar-refractivity contribution in [3.8, 4) is 0 Å². The monoisotopic (exact) mass is 284 g/mol. The van der Waals surface area contributed by atoms with Gasteiger partial charge in [-0.2, -0.15) is 0 Å². The first-order chi connectivity index (χ1) is 10.4. The first kappa shape index (κ1) is 13.0. The molecular weight excluding hydrogens is 264 g/mol. The van der Waals surface area contributed by atoms with Gasteiger partial charge in [0.05, 0.1) is 36.6 Å². The fourth-order valence-electron chi connectivity index (χ4n) is 3.75. The lowest BCUT2D eigenvalue weighted by Crippen LogP contribution is -2.48. The molecule has 1 aliphatic heterocycles. The zero-order valence-corrected chi connectivity index (χ0v) is 12.0. The summed E-state index contributed by atoms with van der Waals surface area (Å²) in [6, 6.07) is 10.7. The molecule has 1 aromatic carbocycles. The molecule has 2 heterocycles. The van der Waals surface area contributed by atoms with Gasteiger partial charge in [0, 0.05) is 17.6 Å². The Kier molecular flexibility index (Phi) is 3.28. The molecule has 1 aromatic heterocycles. The molecule has 21 heavy (non-hydrogen) atoms. The maximum absolute atomic E-state index is 9.50. The van der Waals surface area contributed by atoms with E-state index in [9.17, 15) is 5.11 Å². The highest BCUT2D eigenvalue weighted by Crippen LogP contribution is 2.36. The Balaban J connectivity index is 1.84. The molecule has 1 aliphatic carbocycles. The molecule has 1 N–H and O–H groups in total. The number of hydrogen-bond acceptors (Lipinski definition) is 4. The fourth-order valence-corrected chi connectivity index (χ4v) is 3.75. The van der Waals surface area contributed by atoms with Crippen molar-refractivity contribution in [1.29, 1.82) is 0 Å². The molecule has 0 spiro atoms. The van der Waals surface area contributed by atoms with Crippen LogP contribution in [0.15, 0.2) is 30.3 Å². The second kappa shape index (κ2) is 5.28. The summed E-state index contributed by atoms with van der Waals surface area (Å²) in [5.41, 5.74) is 2.90. The number of morpholine rings is 1. The SMILES string of the molecule is OCc1cc(N2CCOC3CCCC32)c2ccccc2n1. The summed E-state index contributed by atoms with van der Waals surface area (Å²) in [4.78, 5) is 7.00. The van der Waals surface area contributed by atoms with Gasteiger partial charge < -0.3 is 14.7 Å². The Morgan fingerprint density at radius 3 is 3.10 bits per heavy atom. The Morgan fingerprint density at radius 2 is 2.19 bits per heavy atom. The number of pyridine rings is 1. The van der Waals surface area contributed by atoms with Crippen molar-refractivity contribution in [2.75, 3.05) is 18.1 Å². The van der Waals surface area contributed by atoms with E-state index >= 15 is 0 Å². The highest BCUT2D eigenvalue weighted by atomic mass is 16.5. The van der Waals surface area contributed by atoms with Crippen LogP contribution in [0.5, 0.6) is 0 Å². The van der Waals surface area contributed by atoms with Crippen molar-refractivity contribution in [3.63, 3.8) is 0 Å². The third kappa shape index (κ3) is 2.19. The normalized spacial score (nSPS) is 25.3. The fraction of sp³-hybridized carbons (Fsp3) is 0.471. The number of para-hydroxylation sites is 1. The summed E-state index contributed by atoms with van der Waals surface area (Å²) >= 11 is 0. The topological polar surface area (TPSA) is 45.6 Å². The number of aliphatic hydroxyl groups excluding tert-OH is 1. The van der Waals surface area contributed by atoms with Gasteiger partial charge in [-0.15, -0.1) is 0 Å². The number of fused-ring (bicyclic) bond motifs is 2. The largest absolute Gasteiger partial charge is 0.390 e. The molecule has 2 atom stereocenters. The van der Waals surface area contributed by atoms with Gasteiger partial charge in [-0.25, -0.2) is 0 Å². The average Bonchev–Trinajstić information content (AvgIpc) is 3.02. The standard InChI is InChI=1S/C17H20N2O2/c20-11-12-10-16(13-4-1-2-5-14(13)18-12)19-8-9-21-17-7-3-6-15(17)19/h1-2,4-5,10,15,17,20H,3,6-9,11H2. The quantitative estimate of drug-likeness (QED) is 0.920. The summed E-state index contributed by atoms with van der Waals surface area (Å²) in [6.07, 6.45) is 3.96. The van der Waals surface area contributed by atoms with E-state index < -0.39 is 0 Å². The molecule has 4 nitrogen and oxygen atoms in total. The molecule has 0 amide bonds. The van der Waals surface area contributed by atoms with Gasteiger partial charge in [0.25, 0.3) is 0 Å². The van der Waals surface area contributed by atoms with Gasteiger partial charge in [-0.05, 0) is 31.4 Å². The van der Waals surface area contributed by atoms with Gasteiger partial charge in [-0.3, -0.25) is 4.98 Å². The van der Waals surface area contributed by atoms with Crippen LogP contribution in [0, 0.1) is 0 Å². The number of nitrogens with zero attached hydrogens (tertiary/aromatic N) is 2. The second-order valence-corrected chi connectivity index (χ2v) is 5.91. The molecule has 0 bridgehead atoms. The van der Waals surface area contributed by atoms with Crippen LogP contribution < -0.4 is 4.90 Å². The van der Waals surface area contributed by atoms with E-state index in [0.717, 1.165) is 30.8 Å².